The van der Waals surface area contributed by atoms with Gasteiger partial charge in [0.2, 0.25) is 0 Å². The van der Waals surface area contributed by atoms with Gasteiger partial charge in [-0.3, -0.25) is 9.78 Å². The van der Waals surface area contributed by atoms with Crippen molar-refractivity contribution in [3.05, 3.63) is 77.1 Å². The Kier molecular flexibility index (Phi) is 4.90. The van der Waals surface area contributed by atoms with Crippen LogP contribution in [0.1, 0.15) is 21.6 Å². The predicted octanol–water partition coefficient (Wildman–Crippen LogP) is 4.41. The summed E-state index contributed by atoms with van der Waals surface area (Å²) in [6.07, 6.45) is 3.26. The summed E-state index contributed by atoms with van der Waals surface area (Å²) in [6, 6.07) is 12.8. The number of hydrogen-bond donors (Lipinski definition) is 2. The third-order valence-corrected chi connectivity index (χ3v) is 5.25. The minimum atomic E-state index is -0.215. The molecule has 0 unspecified atom stereocenters. The molecule has 0 aliphatic carbocycles. The zero-order valence-corrected chi connectivity index (χ0v) is 16.0. The van der Waals surface area contributed by atoms with Gasteiger partial charge in [0, 0.05) is 45.5 Å². The highest BCUT2D eigenvalue weighted by Gasteiger charge is 2.10. The van der Waals surface area contributed by atoms with Gasteiger partial charge in [0.1, 0.15) is 18.2 Å². The minimum Gasteiger partial charge on any atom is -0.489 e. The second-order valence-corrected chi connectivity index (χ2v) is 7.20. The molecule has 0 fully saturated rings. The summed E-state index contributed by atoms with van der Waals surface area (Å²) >= 11 is 1.61. The van der Waals surface area contributed by atoms with E-state index in [2.05, 4.69) is 15.3 Å². The summed E-state index contributed by atoms with van der Waals surface area (Å²) in [4.78, 5) is 20.7. The van der Waals surface area contributed by atoms with Crippen molar-refractivity contribution in [2.24, 2.45) is 0 Å². The number of thiophene rings is 1. The van der Waals surface area contributed by atoms with Crippen LogP contribution in [0.15, 0.2) is 60.2 Å². The molecule has 3 aromatic heterocycles. The molecule has 140 valence electrons. The number of aryl methyl sites for hydroxylation is 1. The number of rotatable bonds is 5. The summed E-state index contributed by atoms with van der Waals surface area (Å²) < 4.78 is 7.00. The van der Waals surface area contributed by atoms with E-state index in [1.54, 1.807) is 41.9 Å². The number of nitrogen functional groups attached to an aromatic ring is 1. The molecule has 0 aliphatic heterocycles. The Morgan fingerprint density at radius 2 is 2.11 bits per heavy atom. The second kappa shape index (κ2) is 7.66. The van der Waals surface area contributed by atoms with Crippen LogP contribution >= 0.6 is 11.3 Å². The summed E-state index contributed by atoms with van der Waals surface area (Å²) in [5.41, 5.74) is 9.01. The summed E-state index contributed by atoms with van der Waals surface area (Å²) in [5.74, 6) is 0.944. The van der Waals surface area contributed by atoms with Crippen LogP contribution < -0.4 is 15.8 Å². The van der Waals surface area contributed by atoms with Crippen molar-refractivity contribution >= 4 is 38.8 Å². The van der Waals surface area contributed by atoms with Gasteiger partial charge in [-0.25, -0.2) is 4.98 Å². The Morgan fingerprint density at radius 1 is 1.21 bits per heavy atom. The molecule has 7 heteroatoms. The number of pyridine rings is 2. The number of hydrogen-bond acceptors (Lipinski definition) is 6. The van der Waals surface area contributed by atoms with Gasteiger partial charge in [-0.15, -0.1) is 11.3 Å². The van der Waals surface area contributed by atoms with E-state index in [4.69, 9.17) is 10.5 Å². The third-order valence-electron chi connectivity index (χ3n) is 4.25. The first-order valence-electron chi connectivity index (χ1n) is 8.67. The highest BCUT2D eigenvalue weighted by Crippen LogP contribution is 2.30. The molecular formula is C21H18N4O2S. The normalized spacial score (nSPS) is 10.8. The number of ether oxygens (including phenoxy) is 1. The molecule has 28 heavy (non-hydrogen) atoms. The van der Waals surface area contributed by atoms with Crippen molar-refractivity contribution in [2.45, 2.75) is 13.5 Å². The Hall–Kier alpha value is -3.45. The Bertz CT molecular complexity index is 1140. The fraction of sp³-hybridized carbons (Fsp3) is 0.0952. The quantitative estimate of drug-likeness (QED) is 0.527. The molecule has 1 amide bonds. The molecule has 3 N–H and O–H groups in total. The maximum absolute atomic E-state index is 12.4. The number of nitrogens with two attached hydrogens (primary N) is 1. The molecule has 4 aromatic rings. The number of benzene rings is 1. The average molecular weight is 390 g/mol. The molecule has 1 aromatic carbocycles. The van der Waals surface area contributed by atoms with E-state index >= 15 is 0 Å². The summed E-state index contributed by atoms with van der Waals surface area (Å²) in [7, 11) is 0. The van der Waals surface area contributed by atoms with Gasteiger partial charge < -0.3 is 15.8 Å². The second-order valence-electron chi connectivity index (χ2n) is 6.29. The number of anilines is 2. The first-order valence-corrected chi connectivity index (χ1v) is 9.55. The van der Waals surface area contributed by atoms with Crippen LogP contribution in [-0.4, -0.2) is 15.9 Å². The van der Waals surface area contributed by atoms with Crippen molar-refractivity contribution in [2.75, 3.05) is 11.1 Å². The van der Waals surface area contributed by atoms with Gasteiger partial charge in [-0.05, 0) is 42.6 Å². The van der Waals surface area contributed by atoms with Gasteiger partial charge >= 0.3 is 0 Å². The lowest BCUT2D eigenvalue weighted by molar-refractivity contribution is 0.102. The molecule has 0 saturated heterocycles. The smallest absolute Gasteiger partial charge is 0.257 e. The summed E-state index contributed by atoms with van der Waals surface area (Å²) in [6.45, 7) is 2.25. The van der Waals surface area contributed by atoms with Crippen LogP contribution in [0.2, 0.25) is 0 Å². The van der Waals surface area contributed by atoms with E-state index in [1.807, 2.05) is 36.6 Å². The van der Waals surface area contributed by atoms with Crippen molar-refractivity contribution in [1.29, 1.82) is 0 Å². The molecule has 3 heterocycles. The van der Waals surface area contributed by atoms with Crippen molar-refractivity contribution in [3.8, 4) is 5.75 Å². The Labute approximate surface area is 166 Å². The van der Waals surface area contributed by atoms with Crippen LogP contribution in [-0.2, 0) is 6.61 Å². The molecule has 6 nitrogen and oxygen atoms in total. The zero-order chi connectivity index (χ0) is 19.5. The van der Waals surface area contributed by atoms with E-state index in [9.17, 15) is 4.79 Å². The van der Waals surface area contributed by atoms with Gasteiger partial charge in [0.05, 0.1) is 5.56 Å². The number of carbonyl (C=O) groups is 1. The first kappa shape index (κ1) is 17.9. The molecular weight excluding hydrogens is 372 g/mol. The number of nitrogens with zero attached hydrogens (tertiary/aromatic N) is 2. The highest BCUT2D eigenvalue weighted by molar-refractivity contribution is 7.17. The lowest BCUT2D eigenvalue weighted by Crippen LogP contribution is -2.12. The third kappa shape index (κ3) is 3.79. The largest absolute Gasteiger partial charge is 0.489 e. The van der Waals surface area contributed by atoms with Gasteiger partial charge in [-0.2, -0.15) is 0 Å². The standard InChI is InChI=1S/C21H18N4O2S/c1-13-5-6-14(10-24-13)21(26)25-16-3-2-4-17(9-16)27-11-15-12-28-18-7-8-23-20(22)19(15)18/h2-10,12H,11H2,1H3,(H2,22,23)(H,25,26). The molecule has 0 radical (unpaired) electrons. The molecule has 0 atom stereocenters. The maximum atomic E-state index is 12.4. The van der Waals surface area contributed by atoms with Crippen LogP contribution in [0.25, 0.3) is 10.1 Å². The maximum Gasteiger partial charge on any atom is 0.257 e. The lowest BCUT2D eigenvalue weighted by Gasteiger charge is -2.09. The van der Waals surface area contributed by atoms with E-state index < -0.39 is 0 Å². The predicted molar refractivity (Wildman–Crippen MR) is 112 cm³/mol. The van der Waals surface area contributed by atoms with Gasteiger partial charge in [0.25, 0.3) is 5.91 Å². The van der Waals surface area contributed by atoms with Crippen molar-refractivity contribution in [3.63, 3.8) is 0 Å². The average Bonchev–Trinajstić information content (AvgIpc) is 3.12. The minimum absolute atomic E-state index is 0.215. The van der Waals surface area contributed by atoms with Crippen LogP contribution in [0, 0.1) is 6.92 Å². The first-order chi connectivity index (χ1) is 13.6. The van der Waals surface area contributed by atoms with Crippen molar-refractivity contribution in [1.82, 2.24) is 9.97 Å². The summed E-state index contributed by atoms with van der Waals surface area (Å²) in [5, 5.41) is 5.82. The van der Waals surface area contributed by atoms with E-state index in [0.29, 0.717) is 29.4 Å². The number of amides is 1. The topological polar surface area (TPSA) is 90.1 Å². The zero-order valence-electron chi connectivity index (χ0n) is 15.2. The molecule has 0 saturated carbocycles. The van der Waals surface area contributed by atoms with E-state index in [-0.39, 0.29) is 5.91 Å². The SMILES string of the molecule is Cc1ccc(C(=O)Nc2cccc(OCc3csc4ccnc(N)c34)c2)cn1. The molecule has 0 bridgehead atoms. The van der Waals surface area contributed by atoms with Crippen LogP contribution in [0.5, 0.6) is 5.75 Å². The van der Waals surface area contributed by atoms with E-state index in [1.165, 1.54) is 0 Å². The van der Waals surface area contributed by atoms with Crippen molar-refractivity contribution < 1.29 is 9.53 Å². The molecule has 4 rings (SSSR count). The fourth-order valence-corrected chi connectivity index (χ4v) is 3.76. The molecule has 0 spiro atoms. The number of carbonyl (C=O) groups excluding carboxylic acids is 1. The lowest BCUT2D eigenvalue weighted by atomic mass is 10.2. The number of aromatic nitrogens is 2. The van der Waals surface area contributed by atoms with E-state index in [0.717, 1.165) is 21.3 Å². The van der Waals surface area contributed by atoms with Crippen LogP contribution in [0.3, 0.4) is 0 Å². The van der Waals surface area contributed by atoms with Crippen LogP contribution in [0.4, 0.5) is 11.5 Å². The van der Waals surface area contributed by atoms with Gasteiger partial charge in [0.15, 0.2) is 0 Å². The molecule has 0 aliphatic rings. The highest BCUT2D eigenvalue weighted by atomic mass is 32.1. The monoisotopic (exact) mass is 390 g/mol. The Morgan fingerprint density at radius 3 is 2.93 bits per heavy atom. The number of nitrogens with one attached hydrogen (secondary N) is 1. The fourth-order valence-electron chi connectivity index (χ4n) is 2.81. The van der Waals surface area contributed by atoms with Gasteiger partial charge in [-0.1, -0.05) is 6.07 Å². The number of fused-ring (bicyclic) bond motifs is 1. The Balaban J connectivity index is 1.46.